The number of likely N-dealkylation sites (N-methyl/N-ethyl adjacent to an activating group) is 1. The lowest BCUT2D eigenvalue weighted by Crippen LogP contribution is -2.49. The number of rotatable bonds is 9. The fraction of sp³-hybridized carbons (Fsp3) is 0.259. The van der Waals surface area contributed by atoms with Crippen LogP contribution in [-0.2, 0) is 22.4 Å². The van der Waals surface area contributed by atoms with Crippen LogP contribution in [0.5, 0.6) is 0 Å². The summed E-state index contributed by atoms with van der Waals surface area (Å²) in [4.78, 5) is 30.4. The van der Waals surface area contributed by atoms with Crippen LogP contribution in [0.1, 0.15) is 11.1 Å². The number of H-pyrrole nitrogens is 1. The first kappa shape index (κ1) is 23.3. The summed E-state index contributed by atoms with van der Waals surface area (Å²) >= 11 is 0. The summed E-state index contributed by atoms with van der Waals surface area (Å²) in [6.45, 7) is 0.792. The average molecular weight is 459 g/mol. The van der Waals surface area contributed by atoms with Crippen LogP contribution in [0.15, 0.2) is 72.9 Å². The second-order valence-corrected chi connectivity index (χ2v) is 8.32. The predicted octanol–water partition coefficient (Wildman–Crippen LogP) is 3.62. The van der Waals surface area contributed by atoms with E-state index < -0.39 is 12.1 Å². The van der Waals surface area contributed by atoms with Gasteiger partial charge in [-0.3, -0.25) is 9.69 Å². The Labute approximate surface area is 198 Å². The van der Waals surface area contributed by atoms with Crippen molar-refractivity contribution in [2.75, 3.05) is 26.7 Å². The van der Waals surface area contributed by atoms with Gasteiger partial charge in [0.25, 0.3) is 0 Å². The molecule has 1 aromatic heterocycles. The highest BCUT2D eigenvalue weighted by Gasteiger charge is 2.28. The number of hydrogen-bond acceptors (Lipinski definition) is 4. The van der Waals surface area contributed by atoms with Crippen molar-refractivity contribution in [3.63, 3.8) is 0 Å². The zero-order chi connectivity index (χ0) is 23.9. The van der Waals surface area contributed by atoms with Crippen molar-refractivity contribution in [3.8, 4) is 0 Å². The zero-order valence-corrected chi connectivity index (χ0v) is 19.3. The number of aromatic amines is 1. The van der Waals surface area contributed by atoms with Crippen molar-refractivity contribution in [1.82, 2.24) is 15.2 Å². The predicted molar refractivity (Wildman–Crippen MR) is 135 cm³/mol. The molecule has 176 valence electrons. The second kappa shape index (κ2) is 10.9. The maximum absolute atomic E-state index is 13.2. The Morgan fingerprint density at radius 1 is 1.06 bits per heavy atom. The number of benzene rings is 3. The van der Waals surface area contributed by atoms with E-state index >= 15 is 0 Å². The molecule has 34 heavy (non-hydrogen) atoms. The van der Waals surface area contributed by atoms with E-state index in [0.717, 1.165) is 32.8 Å². The molecule has 0 spiro atoms. The molecule has 1 atom stereocenters. The smallest absolute Gasteiger partial charge is 0.410 e. The Morgan fingerprint density at radius 2 is 1.82 bits per heavy atom. The number of carbonyl (C=O) groups is 2. The molecule has 0 radical (unpaired) electrons. The minimum Gasteiger partial charge on any atom is -0.448 e. The lowest BCUT2D eigenvalue weighted by Gasteiger charge is -2.27. The van der Waals surface area contributed by atoms with E-state index in [1.54, 1.807) is 7.05 Å². The molecule has 1 unspecified atom stereocenters. The third-order valence-electron chi connectivity index (χ3n) is 6.01. The minimum absolute atomic E-state index is 0.105. The molecule has 4 rings (SSSR count). The molecule has 0 aliphatic rings. The van der Waals surface area contributed by atoms with Crippen molar-refractivity contribution in [2.45, 2.75) is 18.9 Å². The molecule has 0 saturated carbocycles. The zero-order valence-electron chi connectivity index (χ0n) is 19.3. The van der Waals surface area contributed by atoms with Gasteiger partial charge in [0.2, 0.25) is 5.91 Å². The number of carbonyl (C=O) groups excluding carboxylic acids is 2. The number of aromatic nitrogens is 1. The standard InChI is InChI=1S/C27H30N4O3/c1-31(27(33)34-15-13-28)25(17-19-10-11-20-6-2-3-7-21(20)16-19)26(32)29-14-12-22-18-30-24-9-5-4-8-23(22)24/h2-11,16,18,25,30H,12-15,17,28H2,1H3,(H,29,32). The number of ether oxygens (including phenoxy) is 1. The highest BCUT2D eigenvalue weighted by molar-refractivity contribution is 5.87. The lowest BCUT2D eigenvalue weighted by atomic mass is 10.0. The van der Waals surface area contributed by atoms with Gasteiger partial charge in [0.15, 0.2) is 0 Å². The molecule has 1 heterocycles. The fourth-order valence-electron chi connectivity index (χ4n) is 4.15. The Kier molecular flexibility index (Phi) is 7.44. The van der Waals surface area contributed by atoms with Crippen molar-refractivity contribution >= 4 is 33.7 Å². The SMILES string of the molecule is CN(C(=O)OCCN)C(Cc1ccc2ccccc2c1)C(=O)NCCc1c[nH]c2ccccc12. The van der Waals surface area contributed by atoms with Gasteiger partial charge >= 0.3 is 6.09 Å². The first-order chi connectivity index (χ1) is 16.6. The van der Waals surface area contributed by atoms with Gasteiger partial charge in [-0.1, -0.05) is 60.7 Å². The largest absolute Gasteiger partial charge is 0.448 e. The maximum atomic E-state index is 13.2. The molecular weight excluding hydrogens is 428 g/mol. The van der Waals surface area contributed by atoms with E-state index in [9.17, 15) is 9.59 Å². The van der Waals surface area contributed by atoms with Crippen LogP contribution in [0, 0.1) is 0 Å². The molecule has 4 N–H and O–H groups in total. The van der Waals surface area contributed by atoms with Crippen LogP contribution in [0.4, 0.5) is 4.79 Å². The van der Waals surface area contributed by atoms with Gasteiger partial charge in [-0.2, -0.15) is 0 Å². The number of nitrogens with one attached hydrogen (secondary N) is 2. The van der Waals surface area contributed by atoms with E-state index in [4.69, 9.17) is 10.5 Å². The van der Waals surface area contributed by atoms with Crippen molar-refractivity contribution < 1.29 is 14.3 Å². The van der Waals surface area contributed by atoms with Crippen molar-refractivity contribution in [3.05, 3.63) is 84.1 Å². The van der Waals surface area contributed by atoms with Crippen LogP contribution in [0.3, 0.4) is 0 Å². The highest BCUT2D eigenvalue weighted by atomic mass is 16.6. The molecule has 0 saturated heterocycles. The summed E-state index contributed by atoms with van der Waals surface area (Å²) in [6, 6.07) is 21.5. The molecule has 4 aromatic rings. The van der Waals surface area contributed by atoms with Gasteiger partial charge in [-0.05, 0) is 34.4 Å². The van der Waals surface area contributed by atoms with Crippen LogP contribution in [0.25, 0.3) is 21.7 Å². The van der Waals surface area contributed by atoms with Crippen LogP contribution < -0.4 is 11.1 Å². The summed E-state index contributed by atoms with van der Waals surface area (Å²) in [7, 11) is 1.59. The molecule has 0 aliphatic carbocycles. The molecular formula is C27H30N4O3. The van der Waals surface area contributed by atoms with Gasteiger partial charge in [0, 0.05) is 43.7 Å². The summed E-state index contributed by atoms with van der Waals surface area (Å²) < 4.78 is 5.18. The Bertz CT molecular complexity index is 1280. The van der Waals surface area contributed by atoms with Gasteiger partial charge in [0.05, 0.1) is 0 Å². The van der Waals surface area contributed by atoms with Crippen LogP contribution in [0.2, 0.25) is 0 Å². The third kappa shape index (κ3) is 5.38. The molecule has 0 fully saturated rings. The number of amides is 2. The lowest BCUT2D eigenvalue weighted by molar-refractivity contribution is -0.125. The van der Waals surface area contributed by atoms with E-state index in [1.165, 1.54) is 4.90 Å². The summed E-state index contributed by atoms with van der Waals surface area (Å²) in [5, 5.41) is 6.37. The topological polar surface area (TPSA) is 100 Å². The molecule has 7 nitrogen and oxygen atoms in total. The highest BCUT2D eigenvalue weighted by Crippen LogP contribution is 2.19. The van der Waals surface area contributed by atoms with E-state index in [2.05, 4.69) is 22.4 Å². The van der Waals surface area contributed by atoms with Gasteiger partial charge in [0.1, 0.15) is 12.6 Å². The van der Waals surface area contributed by atoms with Crippen molar-refractivity contribution in [2.24, 2.45) is 5.73 Å². The summed E-state index contributed by atoms with van der Waals surface area (Å²) in [5.41, 5.74) is 8.64. The first-order valence-electron chi connectivity index (χ1n) is 11.5. The quantitative estimate of drug-likeness (QED) is 0.357. The van der Waals surface area contributed by atoms with E-state index in [1.807, 2.05) is 60.8 Å². The van der Waals surface area contributed by atoms with Crippen molar-refractivity contribution in [1.29, 1.82) is 0 Å². The van der Waals surface area contributed by atoms with E-state index in [0.29, 0.717) is 19.4 Å². The Hall–Kier alpha value is -3.84. The number of fused-ring (bicyclic) bond motifs is 2. The van der Waals surface area contributed by atoms with Crippen LogP contribution in [-0.4, -0.2) is 54.7 Å². The first-order valence-corrected chi connectivity index (χ1v) is 11.5. The monoisotopic (exact) mass is 458 g/mol. The molecule has 0 aliphatic heterocycles. The average Bonchev–Trinajstić information content (AvgIpc) is 3.28. The molecule has 2 amide bonds. The third-order valence-corrected chi connectivity index (χ3v) is 6.01. The molecule has 0 bridgehead atoms. The number of hydrogen-bond donors (Lipinski definition) is 3. The summed E-state index contributed by atoms with van der Waals surface area (Å²) in [6.07, 6.45) is 2.46. The Morgan fingerprint density at radius 3 is 2.65 bits per heavy atom. The normalized spacial score (nSPS) is 11.9. The van der Waals surface area contributed by atoms with Gasteiger partial charge in [-0.15, -0.1) is 0 Å². The van der Waals surface area contributed by atoms with Gasteiger partial charge in [-0.25, -0.2) is 4.79 Å². The Balaban J connectivity index is 1.47. The maximum Gasteiger partial charge on any atom is 0.410 e. The van der Waals surface area contributed by atoms with Crippen LogP contribution >= 0.6 is 0 Å². The van der Waals surface area contributed by atoms with Gasteiger partial charge < -0.3 is 20.8 Å². The molecule has 7 heteroatoms. The van der Waals surface area contributed by atoms with E-state index in [-0.39, 0.29) is 19.1 Å². The molecule has 3 aromatic carbocycles. The summed E-state index contributed by atoms with van der Waals surface area (Å²) in [5.74, 6) is -0.222. The number of nitrogens with zero attached hydrogens (tertiary/aromatic N) is 1. The number of nitrogens with two attached hydrogens (primary N) is 1. The second-order valence-electron chi connectivity index (χ2n) is 8.32. The number of para-hydroxylation sites is 1. The fourth-order valence-corrected chi connectivity index (χ4v) is 4.15. The minimum atomic E-state index is -0.714.